The summed E-state index contributed by atoms with van der Waals surface area (Å²) in [6.07, 6.45) is 18.6. The van der Waals surface area contributed by atoms with Gasteiger partial charge in [0, 0.05) is 63.0 Å². The summed E-state index contributed by atoms with van der Waals surface area (Å²) >= 11 is 0. The van der Waals surface area contributed by atoms with Gasteiger partial charge in [-0.1, -0.05) is 109 Å². The Kier molecular flexibility index (Phi) is 22.1. The van der Waals surface area contributed by atoms with Gasteiger partial charge < -0.3 is 50.2 Å². The molecule has 17 nitrogen and oxygen atoms in total. The molecule has 1 spiro atoms. The molecule has 5 aliphatic rings. The number of hydrogen-bond acceptors (Lipinski definition) is 13. The SMILES string of the molecule is CC[C@H]1C[C@H](C)[C@@]2(C=C[C@@H](C)[C@H](C[C@H](O)[C@@H](C)CC/C=C/C=C(\C)[C@@H]3C/C=C/C=C/[C@H](O)[C@H](C)[C@H]4OC(C)(OC)CC[C@H]4C(=O)N[C@@H](C(C)C)C(=O)N[C@@H](Cc4ccc(C)c(O)c4)C(=O)N4CCCC(N4)C(=O)O3)O2)NC1=O. The normalized spacial score (nSPS) is 35.6. The molecule has 1 aromatic rings. The molecule has 0 aliphatic carbocycles. The second-order valence-electron chi connectivity index (χ2n) is 23.4. The lowest BCUT2D eigenvalue weighted by Gasteiger charge is -2.48. The largest absolute Gasteiger partial charge is 0.508 e. The molecule has 3 fully saturated rings. The molecule has 0 aromatic heterocycles. The third-order valence-electron chi connectivity index (χ3n) is 17.0. The van der Waals surface area contributed by atoms with Gasteiger partial charge in [-0.05, 0) is 106 Å². The Balaban J connectivity index is 1.20. The summed E-state index contributed by atoms with van der Waals surface area (Å²) in [7, 11) is 1.53. The van der Waals surface area contributed by atoms with Crippen molar-refractivity contribution in [1.29, 1.82) is 0 Å². The molecule has 0 radical (unpaired) electrons. The number of cyclic esters (lactones) is 1. The first kappa shape index (κ1) is 62.0. The van der Waals surface area contributed by atoms with Gasteiger partial charge >= 0.3 is 5.97 Å². The van der Waals surface area contributed by atoms with Gasteiger partial charge in [0.2, 0.25) is 17.7 Å². The smallest absolute Gasteiger partial charge is 0.325 e. The van der Waals surface area contributed by atoms with E-state index >= 15 is 0 Å². The van der Waals surface area contributed by atoms with E-state index in [1.807, 2.05) is 51.2 Å². The Morgan fingerprint density at radius 3 is 2.46 bits per heavy atom. The number of nitrogens with one attached hydrogen (secondary N) is 4. The lowest BCUT2D eigenvalue weighted by atomic mass is 9.78. The van der Waals surface area contributed by atoms with E-state index in [1.54, 1.807) is 71.0 Å². The van der Waals surface area contributed by atoms with Crippen molar-refractivity contribution < 1.29 is 58.2 Å². The first-order chi connectivity index (χ1) is 37.0. The fourth-order valence-electron chi connectivity index (χ4n) is 11.2. The minimum absolute atomic E-state index is 0.000936. The number of piperidine rings is 1. The average molecular weight is 1090 g/mol. The minimum Gasteiger partial charge on any atom is -0.508 e. The molecule has 16 atom stereocenters. The lowest BCUT2D eigenvalue weighted by Crippen LogP contribution is -2.62. The monoisotopic (exact) mass is 1090 g/mol. The molecule has 78 heavy (non-hydrogen) atoms. The molecule has 17 heteroatoms. The highest BCUT2D eigenvalue weighted by atomic mass is 16.7. The van der Waals surface area contributed by atoms with Crippen molar-refractivity contribution >= 4 is 29.6 Å². The van der Waals surface area contributed by atoms with Crippen molar-refractivity contribution in [3.63, 3.8) is 0 Å². The van der Waals surface area contributed by atoms with Crippen molar-refractivity contribution in [3.05, 3.63) is 89.6 Å². The Morgan fingerprint density at radius 1 is 1.00 bits per heavy atom. The van der Waals surface area contributed by atoms with Crippen molar-refractivity contribution in [2.75, 3.05) is 13.7 Å². The maximum Gasteiger partial charge on any atom is 0.325 e. The Labute approximate surface area is 463 Å². The van der Waals surface area contributed by atoms with Gasteiger partial charge in [0.1, 0.15) is 30.0 Å². The maximum absolute atomic E-state index is 14.6. The highest BCUT2D eigenvalue weighted by Crippen LogP contribution is 2.40. The number of hydrazine groups is 1. The number of phenols is 1. The van der Waals surface area contributed by atoms with Crippen molar-refractivity contribution in [1.82, 2.24) is 26.4 Å². The van der Waals surface area contributed by atoms with Crippen LogP contribution < -0.4 is 21.4 Å². The van der Waals surface area contributed by atoms with E-state index < -0.39 is 95.5 Å². The van der Waals surface area contributed by atoms with Crippen LogP contribution in [0.2, 0.25) is 0 Å². The summed E-state index contributed by atoms with van der Waals surface area (Å²) in [5.41, 5.74) is 4.22. The Bertz CT molecular complexity index is 2400. The van der Waals surface area contributed by atoms with Gasteiger partial charge in [-0.2, -0.15) is 0 Å². The van der Waals surface area contributed by atoms with Crippen molar-refractivity contribution in [2.24, 2.45) is 41.4 Å². The number of carbonyl (C=O) groups excluding carboxylic acids is 5. The highest BCUT2D eigenvalue weighted by Gasteiger charge is 2.49. The number of aliphatic hydroxyl groups excluding tert-OH is 2. The number of carbonyl (C=O) groups is 5. The van der Waals surface area contributed by atoms with Gasteiger partial charge in [0.05, 0.1) is 30.3 Å². The van der Waals surface area contributed by atoms with Crippen LogP contribution in [0.4, 0.5) is 0 Å². The number of ether oxygens (including phenoxy) is 4. The molecule has 5 aliphatic heterocycles. The number of aryl methyl sites for hydroxylation is 1. The zero-order valence-corrected chi connectivity index (χ0v) is 48.0. The van der Waals surface area contributed by atoms with Crippen molar-refractivity contribution in [3.8, 4) is 5.75 Å². The van der Waals surface area contributed by atoms with E-state index in [9.17, 15) is 39.3 Å². The summed E-state index contributed by atoms with van der Waals surface area (Å²) in [6, 6.07) is 1.93. The number of methoxy groups -OCH3 is 1. The lowest BCUT2D eigenvalue weighted by molar-refractivity contribution is -0.280. The molecule has 2 bridgehead atoms. The van der Waals surface area contributed by atoms with E-state index in [0.29, 0.717) is 56.1 Å². The summed E-state index contributed by atoms with van der Waals surface area (Å²) in [6.45, 7) is 19.3. The molecule has 0 saturated carbocycles. The number of nitrogens with zero attached hydrogens (tertiary/aromatic N) is 1. The van der Waals surface area contributed by atoms with E-state index in [2.05, 4.69) is 41.3 Å². The number of esters is 1. The van der Waals surface area contributed by atoms with Crippen LogP contribution in [0, 0.1) is 48.3 Å². The zero-order valence-electron chi connectivity index (χ0n) is 48.0. The van der Waals surface area contributed by atoms with Gasteiger partial charge in [0.15, 0.2) is 11.5 Å². The number of aromatic hydroxyl groups is 1. The molecule has 6 rings (SSSR count). The van der Waals surface area contributed by atoms with Crippen molar-refractivity contribution in [2.45, 2.75) is 200 Å². The van der Waals surface area contributed by atoms with Crippen LogP contribution in [0.25, 0.3) is 0 Å². The van der Waals surface area contributed by atoms with Gasteiger partial charge in [0.25, 0.3) is 5.91 Å². The standard InChI is InChI=1S/C61H91N5O12/c1-12-44-32-41(8)61(64-55(44)70)30-27-40(7)52(77-61)35-50(69)37(4)20-15-13-16-21-39(6)51-24-18-14-17-23-48(67)42(9)54-45(28-29-60(10,75-11)78-54)56(71)63-53(36(2)3)57(72)62-47(33-43-26-25-38(5)49(68)34-43)58(73)66-31-19-22-46(65-66)59(74)76-51/h13-14,16-18,21,23,25-27,30,34,36-37,40-42,44-48,50-54,65,67-69H,12,15,19-20,22,24,28-29,31-33,35H2,1-11H3,(H,62,72)(H,63,71)(H,64,70)/b16-13+,18-14+,23-17+,39-21+/t37-,40+,41-,42-,44-,45+,46?,47-,48-,50-,51-,52-,53-,54+,60?,61-/m0/s1. The molecule has 1 aromatic carbocycles. The highest BCUT2D eigenvalue weighted by molar-refractivity contribution is 5.93. The number of phenolic OH excluding ortho intramolecular Hbond substituents is 1. The summed E-state index contributed by atoms with van der Waals surface area (Å²) < 4.78 is 25.1. The third kappa shape index (κ3) is 15.8. The molecule has 2 unspecified atom stereocenters. The number of aliphatic hydroxyl groups is 2. The number of rotatable bonds is 13. The van der Waals surface area contributed by atoms with E-state index in [1.165, 1.54) is 12.1 Å². The van der Waals surface area contributed by atoms with Gasteiger partial charge in [-0.15, -0.1) is 0 Å². The second-order valence-corrected chi connectivity index (χ2v) is 23.4. The van der Waals surface area contributed by atoms with Crippen LogP contribution in [0.3, 0.4) is 0 Å². The van der Waals surface area contributed by atoms with Crippen LogP contribution in [-0.4, -0.2) is 124 Å². The first-order valence-electron chi connectivity index (χ1n) is 28.6. The molecular formula is C61H91N5O12. The average Bonchev–Trinajstić information content (AvgIpc) is 3.47. The Hall–Kier alpha value is -5.17. The molecular weight excluding hydrogens is 995 g/mol. The minimum atomic E-state index is -1.17. The predicted octanol–water partition coefficient (Wildman–Crippen LogP) is 7.09. The van der Waals surface area contributed by atoms with Crippen LogP contribution >= 0.6 is 0 Å². The topological polar surface area (TPSA) is 234 Å². The number of hydrogen-bond donors (Lipinski definition) is 7. The number of allylic oxidation sites excluding steroid dienone is 5. The van der Waals surface area contributed by atoms with E-state index in [0.717, 1.165) is 18.4 Å². The van der Waals surface area contributed by atoms with Crippen LogP contribution in [0.1, 0.15) is 138 Å². The summed E-state index contributed by atoms with van der Waals surface area (Å²) in [4.78, 5) is 70.5. The first-order valence-corrected chi connectivity index (χ1v) is 28.6. The second kappa shape index (κ2) is 27.8. The predicted molar refractivity (Wildman–Crippen MR) is 298 cm³/mol. The number of fused-ring (bicyclic) bond motifs is 3. The zero-order chi connectivity index (χ0) is 57.1. The van der Waals surface area contributed by atoms with Crippen LogP contribution in [-0.2, 0) is 49.3 Å². The molecule has 432 valence electrons. The Morgan fingerprint density at radius 2 is 1.76 bits per heavy atom. The third-order valence-corrected chi connectivity index (χ3v) is 17.0. The fourth-order valence-corrected chi connectivity index (χ4v) is 11.2. The molecule has 5 heterocycles. The fraction of sp³-hybridized carbons (Fsp3) is 0.656. The van der Waals surface area contributed by atoms with Crippen LogP contribution in [0.5, 0.6) is 5.75 Å². The van der Waals surface area contributed by atoms with Gasteiger partial charge in [-0.25, -0.2) is 5.43 Å². The summed E-state index contributed by atoms with van der Waals surface area (Å²) in [5, 5.41) is 44.0. The molecule has 4 amide bonds. The quantitative estimate of drug-likeness (QED) is 0.0595. The van der Waals surface area contributed by atoms with Gasteiger partial charge in [-0.3, -0.25) is 29.0 Å². The van der Waals surface area contributed by atoms with E-state index in [-0.39, 0.29) is 60.8 Å². The number of amides is 4. The van der Waals surface area contributed by atoms with E-state index in [4.69, 9.17) is 18.9 Å². The molecule has 3 saturated heterocycles. The maximum atomic E-state index is 14.6. The van der Waals surface area contributed by atoms with Crippen LogP contribution in [0.15, 0.2) is 78.5 Å². The molecule has 7 N–H and O–H groups in total. The number of benzene rings is 1. The summed E-state index contributed by atoms with van der Waals surface area (Å²) in [5.74, 6) is -4.74.